The van der Waals surface area contributed by atoms with Crippen LogP contribution in [0.4, 0.5) is 0 Å². The Bertz CT molecular complexity index is 379. The molecule has 0 aromatic carbocycles. The second kappa shape index (κ2) is 8.37. The number of hydrogen-bond donors (Lipinski definition) is 1. The first kappa shape index (κ1) is 15.4. The van der Waals surface area contributed by atoms with Gasteiger partial charge in [0, 0.05) is 25.5 Å². The quantitative estimate of drug-likeness (QED) is 0.741. The molecule has 0 amide bonds. The standard InChI is InChI=1S/C15H27N3O2/c1-3-16-13-8-6-5-7-12(13)11-15-17-14(18-20-15)9-10-19-4-2/h12-13,16H,3-11H2,1-2H3. The van der Waals surface area contributed by atoms with Crippen molar-refractivity contribution in [3.8, 4) is 0 Å². The number of ether oxygens (including phenoxy) is 1. The minimum absolute atomic E-state index is 0.604. The Kier molecular flexibility index (Phi) is 6.47. The highest BCUT2D eigenvalue weighted by Crippen LogP contribution is 2.27. The maximum Gasteiger partial charge on any atom is 0.226 e. The first-order valence-corrected chi connectivity index (χ1v) is 7.96. The van der Waals surface area contributed by atoms with E-state index in [0.717, 1.165) is 37.7 Å². The molecule has 0 saturated heterocycles. The minimum atomic E-state index is 0.604. The van der Waals surface area contributed by atoms with Crippen molar-refractivity contribution >= 4 is 0 Å². The maximum absolute atomic E-state index is 5.38. The molecular weight excluding hydrogens is 254 g/mol. The maximum atomic E-state index is 5.38. The summed E-state index contributed by atoms with van der Waals surface area (Å²) in [5, 5.41) is 7.63. The van der Waals surface area contributed by atoms with Gasteiger partial charge in [0.1, 0.15) is 0 Å². The van der Waals surface area contributed by atoms with Crippen molar-refractivity contribution in [1.29, 1.82) is 0 Å². The Labute approximate surface area is 121 Å². The zero-order valence-electron chi connectivity index (χ0n) is 12.7. The molecule has 114 valence electrons. The summed E-state index contributed by atoms with van der Waals surface area (Å²) < 4.78 is 10.7. The number of nitrogens with zero attached hydrogens (tertiary/aromatic N) is 2. The molecule has 0 radical (unpaired) electrons. The van der Waals surface area contributed by atoms with Crippen molar-refractivity contribution in [3.63, 3.8) is 0 Å². The fourth-order valence-corrected chi connectivity index (χ4v) is 2.99. The van der Waals surface area contributed by atoms with E-state index in [1.807, 2.05) is 6.92 Å². The van der Waals surface area contributed by atoms with E-state index >= 15 is 0 Å². The fraction of sp³-hybridized carbons (Fsp3) is 0.867. The number of hydrogen-bond acceptors (Lipinski definition) is 5. The van der Waals surface area contributed by atoms with Crippen LogP contribution in [0, 0.1) is 5.92 Å². The first-order chi connectivity index (χ1) is 9.83. The zero-order valence-corrected chi connectivity index (χ0v) is 12.7. The fourth-order valence-electron chi connectivity index (χ4n) is 2.99. The Morgan fingerprint density at radius 2 is 2.15 bits per heavy atom. The summed E-state index contributed by atoms with van der Waals surface area (Å²) in [4.78, 5) is 4.49. The van der Waals surface area contributed by atoms with Crippen LogP contribution in [-0.2, 0) is 17.6 Å². The smallest absolute Gasteiger partial charge is 0.226 e. The van der Waals surface area contributed by atoms with Gasteiger partial charge in [0.25, 0.3) is 0 Å². The van der Waals surface area contributed by atoms with E-state index in [1.165, 1.54) is 25.7 Å². The molecule has 0 aliphatic heterocycles. The molecule has 1 aliphatic rings. The van der Waals surface area contributed by atoms with Crippen molar-refractivity contribution < 1.29 is 9.26 Å². The average Bonchev–Trinajstić information content (AvgIpc) is 2.89. The van der Waals surface area contributed by atoms with Crippen molar-refractivity contribution in [2.45, 2.75) is 58.4 Å². The van der Waals surface area contributed by atoms with Crippen molar-refractivity contribution in [3.05, 3.63) is 11.7 Å². The van der Waals surface area contributed by atoms with Crippen molar-refractivity contribution in [2.24, 2.45) is 5.92 Å². The van der Waals surface area contributed by atoms with Crippen LogP contribution >= 0.6 is 0 Å². The Balaban J connectivity index is 1.84. The van der Waals surface area contributed by atoms with Gasteiger partial charge in [-0.2, -0.15) is 4.98 Å². The Morgan fingerprint density at radius 3 is 2.95 bits per heavy atom. The summed E-state index contributed by atoms with van der Waals surface area (Å²) in [5.41, 5.74) is 0. The highest BCUT2D eigenvalue weighted by molar-refractivity contribution is 4.92. The molecule has 1 saturated carbocycles. The van der Waals surface area contributed by atoms with Crippen LogP contribution in [0.5, 0.6) is 0 Å². The van der Waals surface area contributed by atoms with E-state index in [1.54, 1.807) is 0 Å². The predicted octanol–water partition coefficient (Wildman–Crippen LogP) is 2.36. The molecular formula is C15H27N3O2. The molecule has 0 spiro atoms. The summed E-state index contributed by atoms with van der Waals surface area (Å²) in [6.45, 7) is 6.59. The van der Waals surface area contributed by atoms with Gasteiger partial charge in [0.05, 0.1) is 6.61 Å². The highest BCUT2D eigenvalue weighted by Gasteiger charge is 2.26. The predicted molar refractivity (Wildman–Crippen MR) is 77.6 cm³/mol. The summed E-state index contributed by atoms with van der Waals surface area (Å²) in [7, 11) is 0. The molecule has 5 heteroatoms. The zero-order chi connectivity index (χ0) is 14.2. The number of nitrogens with one attached hydrogen (secondary N) is 1. The number of aromatic nitrogens is 2. The van der Waals surface area contributed by atoms with Crippen molar-refractivity contribution in [2.75, 3.05) is 19.8 Å². The molecule has 1 heterocycles. The lowest BCUT2D eigenvalue weighted by Crippen LogP contribution is -2.39. The first-order valence-electron chi connectivity index (χ1n) is 7.96. The summed E-state index contributed by atoms with van der Waals surface area (Å²) in [6.07, 6.45) is 6.81. The monoisotopic (exact) mass is 281 g/mol. The van der Waals surface area contributed by atoms with E-state index in [9.17, 15) is 0 Å². The third kappa shape index (κ3) is 4.56. The van der Waals surface area contributed by atoms with Gasteiger partial charge in [-0.1, -0.05) is 24.9 Å². The molecule has 1 aromatic heterocycles. The summed E-state index contributed by atoms with van der Waals surface area (Å²) in [6, 6.07) is 0.604. The molecule has 2 atom stereocenters. The lowest BCUT2D eigenvalue weighted by Gasteiger charge is -2.31. The van der Waals surface area contributed by atoms with Gasteiger partial charge >= 0.3 is 0 Å². The third-order valence-corrected chi connectivity index (χ3v) is 4.00. The van der Waals surface area contributed by atoms with Crippen molar-refractivity contribution in [1.82, 2.24) is 15.5 Å². The molecule has 1 aromatic rings. The van der Waals surface area contributed by atoms with Crippen LogP contribution in [0.15, 0.2) is 4.52 Å². The topological polar surface area (TPSA) is 60.2 Å². The lowest BCUT2D eigenvalue weighted by molar-refractivity contribution is 0.149. The Morgan fingerprint density at radius 1 is 1.30 bits per heavy atom. The summed E-state index contributed by atoms with van der Waals surface area (Å²) >= 11 is 0. The van der Waals surface area contributed by atoms with Gasteiger partial charge in [-0.15, -0.1) is 0 Å². The van der Waals surface area contributed by atoms with Gasteiger partial charge in [-0.05, 0) is 32.2 Å². The summed E-state index contributed by atoms with van der Waals surface area (Å²) in [5.74, 6) is 2.18. The van der Waals surface area contributed by atoms with Gasteiger partial charge in [0.2, 0.25) is 5.89 Å². The largest absolute Gasteiger partial charge is 0.381 e. The molecule has 20 heavy (non-hydrogen) atoms. The van der Waals surface area contributed by atoms with Crippen LogP contribution in [0.25, 0.3) is 0 Å². The van der Waals surface area contributed by atoms with Crippen LogP contribution in [0.3, 0.4) is 0 Å². The molecule has 2 rings (SSSR count). The van der Waals surface area contributed by atoms with E-state index < -0.39 is 0 Å². The minimum Gasteiger partial charge on any atom is -0.381 e. The second-order valence-electron chi connectivity index (χ2n) is 5.46. The van der Waals surface area contributed by atoms with Crippen LogP contribution in [-0.4, -0.2) is 35.9 Å². The average molecular weight is 281 g/mol. The lowest BCUT2D eigenvalue weighted by atomic mass is 9.82. The van der Waals surface area contributed by atoms with Crippen LogP contribution in [0.2, 0.25) is 0 Å². The number of rotatable bonds is 8. The molecule has 5 nitrogen and oxygen atoms in total. The normalized spacial score (nSPS) is 23.1. The molecule has 1 N–H and O–H groups in total. The molecule has 1 aliphatic carbocycles. The van der Waals surface area contributed by atoms with E-state index in [0.29, 0.717) is 18.6 Å². The second-order valence-corrected chi connectivity index (χ2v) is 5.46. The van der Waals surface area contributed by atoms with E-state index in [4.69, 9.17) is 9.26 Å². The Hall–Kier alpha value is -0.940. The van der Waals surface area contributed by atoms with Gasteiger partial charge in [-0.3, -0.25) is 0 Å². The molecule has 1 fully saturated rings. The van der Waals surface area contributed by atoms with E-state index in [2.05, 4.69) is 22.4 Å². The van der Waals surface area contributed by atoms with E-state index in [-0.39, 0.29) is 0 Å². The van der Waals surface area contributed by atoms with Crippen LogP contribution < -0.4 is 5.32 Å². The highest BCUT2D eigenvalue weighted by atomic mass is 16.5. The molecule has 0 bridgehead atoms. The molecule has 2 unspecified atom stereocenters. The van der Waals surface area contributed by atoms with Gasteiger partial charge in [0.15, 0.2) is 5.82 Å². The third-order valence-electron chi connectivity index (χ3n) is 4.00. The van der Waals surface area contributed by atoms with Crippen LogP contribution in [0.1, 0.15) is 51.2 Å². The SMILES string of the molecule is CCNC1CCCCC1Cc1nc(CCOCC)no1. The van der Waals surface area contributed by atoms with Gasteiger partial charge < -0.3 is 14.6 Å². The van der Waals surface area contributed by atoms with Gasteiger partial charge in [-0.25, -0.2) is 0 Å².